The quantitative estimate of drug-likeness (QED) is 0.843. The number of aryl methyl sites for hydroxylation is 1. The monoisotopic (exact) mass is 216 g/mol. The van der Waals surface area contributed by atoms with Crippen LogP contribution in [0.2, 0.25) is 0 Å². The first-order chi connectivity index (χ1) is 7.85. The van der Waals surface area contributed by atoms with Gasteiger partial charge in [0.05, 0.1) is 5.69 Å². The smallest absolute Gasteiger partial charge is 0.155 e. The molecule has 0 saturated heterocycles. The zero-order chi connectivity index (χ0) is 11.0. The molecular formula is C12H16N4. The van der Waals surface area contributed by atoms with Crippen molar-refractivity contribution in [3.63, 3.8) is 0 Å². The third-order valence-electron chi connectivity index (χ3n) is 2.95. The lowest BCUT2D eigenvalue weighted by molar-refractivity contribution is 0.680. The van der Waals surface area contributed by atoms with Crippen LogP contribution in [0.25, 0.3) is 5.65 Å². The summed E-state index contributed by atoms with van der Waals surface area (Å²) >= 11 is 0. The van der Waals surface area contributed by atoms with Crippen LogP contribution < -0.4 is 5.32 Å². The summed E-state index contributed by atoms with van der Waals surface area (Å²) in [7, 11) is 0. The van der Waals surface area contributed by atoms with Gasteiger partial charge in [-0.2, -0.15) is 5.10 Å². The third-order valence-corrected chi connectivity index (χ3v) is 2.95. The fourth-order valence-electron chi connectivity index (χ4n) is 1.78. The average Bonchev–Trinajstić information content (AvgIpc) is 3.04. The standard InChI is InChI=1S/C12H16N4/c1-2-10-5-12-14-7-9(8-16(12)15-10)6-13-11-3-4-11/h5,7-8,11,13H,2-4,6H2,1H3. The average molecular weight is 216 g/mol. The summed E-state index contributed by atoms with van der Waals surface area (Å²) in [6.45, 7) is 3.01. The Hall–Kier alpha value is -1.42. The molecule has 0 amide bonds. The maximum absolute atomic E-state index is 4.46. The molecular weight excluding hydrogens is 200 g/mol. The molecule has 1 fully saturated rings. The predicted octanol–water partition coefficient (Wildman–Crippen LogP) is 1.54. The van der Waals surface area contributed by atoms with E-state index in [0.29, 0.717) is 0 Å². The third kappa shape index (κ3) is 1.93. The summed E-state index contributed by atoms with van der Waals surface area (Å²) in [5.41, 5.74) is 3.23. The van der Waals surface area contributed by atoms with E-state index < -0.39 is 0 Å². The van der Waals surface area contributed by atoms with E-state index in [1.165, 1.54) is 18.4 Å². The maximum Gasteiger partial charge on any atom is 0.155 e. The van der Waals surface area contributed by atoms with E-state index in [4.69, 9.17) is 0 Å². The van der Waals surface area contributed by atoms with Gasteiger partial charge in [0.25, 0.3) is 0 Å². The molecule has 0 unspecified atom stereocenters. The highest BCUT2D eigenvalue weighted by Crippen LogP contribution is 2.19. The lowest BCUT2D eigenvalue weighted by atomic mass is 10.3. The maximum atomic E-state index is 4.46. The highest BCUT2D eigenvalue weighted by atomic mass is 15.2. The Morgan fingerprint density at radius 2 is 2.38 bits per heavy atom. The van der Waals surface area contributed by atoms with Gasteiger partial charge in [0.15, 0.2) is 5.65 Å². The van der Waals surface area contributed by atoms with Gasteiger partial charge >= 0.3 is 0 Å². The van der Waals surface area contributed by atoms with Gasteiger partial charge in [0.2, 0.25) is 0 Å². The van der Waals surface area contributed by atoms with Crippen LogP contribution in [-0.4, -0.2) is 20.6 Å². The van der Waals surface area contributed by atoms with Gasteiger partial charge in [0, 0.05) is 36.6 Å². The minimum atomic E-state index is 0.736. The Bertz CT molecular complexity index is 499. The van der Waals surface area contributed by atoms with Crippen molar-refractivity contribution in [2.24, 2.45) is 0 Å². The zero-order valence-electron chi connectivity index (χ0n) is 9.48. The van der Waals surface area contributed by atoms with Gasteiger partial charge in [-0.1, -0.05) is 6.92 Å². The van der Waals surface area contributed by atoms with Crippen LogP contribution in [-0.2, 0) is 13.0 Å². The number of hydrogen-bond acceptors (Lipinski definition) is 3. The minimum Gasteiger partial charge on any atom is -0.310 e. The number of rotatable bonds is 4. The van der Waals surface area contributed by atoms with Gasteiger partial charge < -0.3 is 5.32 Å². The molecule has 16 heavy (non-hydrogen) atoms. The Morgan fingerprint density at radius 3 is 3.12 bits per heavy atom. The molecule has 0 radical (unpaired) electrons. The summed E-state index contributed by atoms with van der Waals surface area (Å²) in [6, 6.07) is 2.78. The highest BCUT2D eigenvalue weighted by molar-refractivity contribution is 5.39. The summed E-state index contributed by atoms with van der Waals surface area (Å²) in [5.74, 6) is 0. The largest absolute Gasteiger partial charge is 0.310 e. The van der Waals surface area contributed by atoms with Crippen LogP contribution in [0.15, 0.2) is 18.5 Å². The predicted molar refractivity (Wildman–Crippen MR) is 62.2 cm³/mol. The van der Waals surface area contributed by atoms with Crippen molar-refractivity contribution in [1.82, 2.24) is 19.9 Å². The molecule has 0 atom stereocenters. The second-order valence-electron chi connectivity index (χ2n) is 4.41. The Balaban J connectivity index is 1.82. The van der Waals surface area contributed by atoms with Crippen molar-refractivity contribution in [2.45, 2.75) is 38.8 Å². The van der Waals surface area contributed by atoms with E-state index in [0.717, 1.165) is 30.3 Å². The number of fused-ring (bicyclic) bond motifs is 1. The first-order valence-electron chi connectivity index (χ1n) is 5.91. The zero-order valence-corrected chi connectivity index (χ0v) is 9.48. The fraction of sp³-hybridized carbons (Fsp3) is 0.500. The minimum absolute atomic E-state index is 0.736. The van der Waals surface area contributed by atoms with Crippen molar-refractivity contribution < 1.29 is 0 Å². The second kappa shape index (κ2) is 3.87. The number of hydrogen-bond donors (Lipinski definition) is 1. The van der Waals surface area contributed by atoms with Crippen molar-refractivity contribution in [3.8, 4) is 0 Å². The second-order valence-corrected chi connectivity index (χ2v) is 4.41. The van der Waals surface area contributed by atoms with Crippen LogP contribution in [0.1, 0.15) is 31.0 Å². The SMILES string of the molecule is CCc1cc2ncc(CNC3CC3)cn2n1. The molecule has 2 heterocycles. The van der Waals surface area contributed by atoms with Crippen molar-refractivity contribution in [1.29, 1.82) is 0 Å². The molecule has 1 saturated carbocycles. The van der Waals surface area contributed by atoms with Crippen molar-refractivity contribution in [3.05, 3.63) is 29.7 Å². The molecule has 0 spiro atoms. The first-order valence-corrected chi connectivity index (χ1v) is 5.91. The Kier molecular flexibility index (Phi) is 2.36. The number of nitrogens with zero attached hydrogens (tertiary/aromatic N) is 3. The number of nitrogens with one attached hydrogen (secondary N) is 1. The molecule has 0 aromatic carbocycles. The van der Waals surface area contributed by atoms with E-state index in [9.17, 15) is 0 Å². The van der Waals surface area contributed by atoms with Gasteiger partial charge in [0.1, 0.15) is 0 Å². The highest BCUT2D eigenvalue weighted by Gasteiger charge is 2.19. The number of aromatic nitrogens is 3. The topological polar surface area (TPSA) is 42.2 Å². The fourth-order valence-corrected chi connectivity index (χ4v) is 1.78. The molecule has 0 aliphatic heterocycles. The lowest BCUT2D eigenvalue weighted by Gasteiger charge is -2.02. The van der Waals surface area contributed by atoms with Crippen LogP contribution >= 0.6 is 0 Å². The molecule has 2 aromatic rings. The molecule has 1 N–H and O–H groups in total. The molecule has 84 valence electrons. The van der Waals surface area contributed by atoms with Gasteiger partial charge in [-0.25, -0.2) is 9.50 Å². The van der Waals surface area contributed by atoms with Gasteiger partial charge in [-0.3, -0.25) is 0 Å². The molecule has 3 rings (SSSR count). The molecule has 1 aliphatic rings. The van der Waals surface area contributed by atoms with E-state index in [1.807, 2.05) is 16.8 Å². The van der Waals surface area contributed by atoms with Gasteiger partial charge in [-0.15, -0.1) is 0 Å². The molecule has 4 heteroatoms. The van der Waals surface area contributed by atoms with Crippen LogP contribution in [0.4, 0.5) is 0 Å². The summed E-state index contributed by atoms with van der Waals surface area (Å²) in [6.07, 6.45) is 7.59. The van der Waals surface area contributed by atoms with E-state index >= 15 is 0 Å². The summed E-state index contributed by atoms with van der Waals surface area (Å²) in [5, 5.41) is 7.94. The van der Waals surface area contributed by atoms with E-state index in [1.54, 1.807) is 0 Å². The summed E-state index contributed by atoms with van der Waals surface area (Å²) in [4.78, 5) is 4.41. The molecule has 1 aliphatic carbocycles. The van der Waals surface area contributed by atoms with Crippen LogP contribution in [0.3, 0.4) is 0 Å². The van der Waals surface area contributed by atoms with E-state index in [2.05, 4.69) is 28.5 Å². The first kappa shape index (κ1) is 9.78. The van der Waals surface area contributed by atoms with Crippen LogP contribution in [0.5, 0.6) is 0 Å². The molecule has 4 nitrogen and oxygen atoms in total. The molecule has 0 bridgehead atoms. The van der Waals surface area contributed by atoms with Crippen LogP contribution in [0, 0.1) is 0 Å². The normalized spacial score (nSPS) is 15.8. The van der Waals surface area contributed by atoms with Gasteiger partial charge in [-0.05, 0) is 19.3 Å². The van der Waals surface area contributed by atoms with Crippen molar-refractivity contribution in [2.75, 3.05) is 0 Å². The lowest BCUT2D eigenvalue weighted by Crippen LogP contribution is -2.15. The van der Waals surface area contributed by atoms with Crippen molar-refractivity contribution >= 4 is 5.65 Å². The summed E-state index contributed by atoms with van der Waals surface area (Å²) < 4.78 is 1.88. The Morgan fingerprint density at radius 1 is 1.50 bits per heavy atom. The Labute approximate surface area is 94.7 Å². The van der Waals surface area contributed by atoms with E-state index in [-0.39, 0.29) is 0 Å². The molecule has 2 aromatic heterocycles.